The molecule has 24 heavy (non-hydrogen) atoms. The third-order valence-corrected chi connectivity index (χ3v) is 3.75. The summed E-state index contributed by atoms with van der Waals surface area (Å²) in [5.41, 5.74) is 2.08. The number of benzene rings is 2. The van der Waals surface area contributed by atoms with Crippen molar-refractivity contribution in [3.63, 3.8) is 0 Å². The summed E-state index contributed by atoms with van der Waals surface area (Å²) in [6.07, 6.45) is 0. The van der Waals surface area contributed by atoms with Crippen LogP contribution in [-0.4, -0.2) is 26.8 Å². The fourth-order valence-corrected chi connectivity index (χ4v) is 2.34. The third-order valence-electron chi connectivity index (χ3n) is 3.39. The molecule has 0 aliphatic rings. The zero-order valence-electron chi connectivity index (χ0n) is 13.7. The van der Waals surface area contributed by atoms with E-state index in [4.69, 9.17) is 21.1 Å². The molecule has 2 aromatic carbocycles. The van der Waals surface area contributed by atoms with Gasteiger partial charge < -0.3 is 19.5 Å². The highest BCUT2D eigenvalue weighted by Gasteiger charge is 2.12. The maximum atomic E-state index is 11.2. The first-order valence-corrected chi connectivity index (χ1v) is 7.82. The van der Waals surface area contributed by atoms with Crippen LogP contribution >= 0.6 is 11.6 Å². The Kier molecular flexibility index (Phi) is 6.90. The fraction of sp³-hybridized carbons (Fsp3) is 0.278. The highest BCUT2D eigenvalue weighted by atomic mass is 35.5. The fourth-order valence-electron chi connectivity index (χ4n) is 2.12. The maximum Gasteiger partial charge on any atom is 0.343 e. The zero-order valence-corrected chi connectivity index (χ0v) is 14.4. The van der Waals surface area contributed by atoms with Crippen LogP contribution in [0.25, 0.3) is 0 Å². The molecule has 0 unspecified atom stereocenters. The minimum absolute atomic E-state index is 0.200. The molecule has 2 aromatic rings. The molecular formula is C18H20ClNO4. The van der Waals surface area contributed by atoms with Crippen LogP contribution in [0.2, 0.25) is 5.02 Å². The van der Waals surface area contributed by atoms with Crippen molar-refractivity contribution in [2.75, 3.05) is 20.8 Å². The average Bonchev–Trinajstić information content (AvgIpc) is 2.61. The number of halogens is 1. The minimum atomic E-state index is -0.471. The van der Waals surface area contributed by atoms with Crippen LogP contribution in [-0.2, 0) is 22.6 Å². The van der Waals surface area contributed by atoms with E-state index < -0.39 is 5.97 Å². The Labute approximate surface area is 146 Å². The Morgan fingerprint density at radius 3 is 2.50 bits per heavy atom. The van der Waals surface area contributed by atoms with Crippen LogP contribution in [0.4, 0.5) is 0 Å². The van der Waals surface area contributed by atoms with Gasteiger partial charge in [-0.15, -0.1) is 0 Å². The normalized spacial score (nSPS) is 10.3. The van der Waals surface area contributed by atoms with Crippen LogP contribution < -0.4 is 14.8 Å². The molecule has 0 fully saturated rings. The van der Waals surface area contributed by atoms with Gasteiger partial charge in [-0.2, -0.15) is 0 Å². The van der Waals surface area contributed by atoms with Gasteiger partial charge in [0.15, 0.2) is 18.1 Å². The number of ether oxygens (including phenoxy) is 3. The van der Waals surface area contributed by atoms with Gasteiger partial charge in [-0.05, 0) is 17.2 Å². The molecular weight excluding hydrogens is 330 g/mol. The third kappa shape index (κ3) is 5.15. The van der Waals surface area contributed by atoms with Crippen LogP contribution in [0.15, 0.2) is 42.5 Å². The minimum Gasteiger partial charge on any atom is -0.493 e. The van der Waals surface area contributed by atoms with Gasteiger partial charge in [0, 0.05) is 24.2 Å². The molecule has 0 amide bonds. The molecule has 0 aromatic heterocycles. The number of carbonyl (C=O) groups excluding carboxylic acids is 1. The largest absolute Gasteiger partial charge is 0.493 e. The molecule has 0 bridgehead atoms. The van der Waals surface area contributed by atoms with Crippen molar-refractivity contribution < 1.29 is 19.0 Å². The lowest BCUT2D eigenvalue weighted by molar-refractivity contribution is -0.142. The Balaban J connectivity index is 2.01. The summed E-state index contributed by atoms with van der Waals surface area (Å²) in [4.78, 5) is 11.2. The highest BCUT2D eigenvalue weighted by molar-refractivity contribution is 6.31. The first kappa shape index (κ1) is 18.1. The van der Waals surface area contributed by atoms with Crippen LogP contribution in [0.3, 0.4) is 0 Å². The van der Waals surface area contributed by atoms with Crippen LogP contribution in [0, 0.1) is 0 Å². The first-order chi connectivity index (χ1) is 11.6. The van der Waals surface area contributed by atoms with Crippen LogP contribution in [0.5, 0.6) is 11.5 Å². The SMILES string of the molecule is COC(=O)COc1cc(Cl)c(CNCc2ccccc2)cc1OC. The Hall–Kier alpha value is -2.24. The number of esters is 1. The van der Waals surface area contributed by atoms with Crippen molar-refractivity contribution in [1.82, 2.24) is 5.32 Å². The zero-order chi connectivity index (χ0) is 17.4. The van der Waals surface area contributed by atoms with Gasteiger partial charge in [0.2, 0.25) is 0 Å². The molecule has 0 spiro atoms. The molecule has 0 atom stereocenters. The second kappa shape index (κ2) is 9.15. The second-order valence-electron chi connectivity index (χ2n) is 5.05. The molecule has 0 heterocycles. The van der Waals surface area contributed by atoms with Gasteiger partial charge in [0.05, 0.1) is 14.2 Å². The van der Waals surface area contributed by atoms with E-state index in [-0.39, 0.29) is 6.61 Å². The van der Waals surface area contributed by atoms with Crippen molar-refractivity contribution >= 4 is 17.6 Å². The van der Waals surface area contributed by atoms with Gasteiger partial charge in [-0.1, -0.05) is 41.9 Å². The highest BCUT2D eigenvalue weighted by Crippen LogP contribution is 2.33. The summed E-state index contributed by atoms with van der Waals surface area (Å²) in [6.45, 7) is 1.12. The first-order valence-electron chi connectivity index (χ1n) is 7.44. The lowest BCUT2D eigenvalue weighted by Gasteiger charge is -2.14. The molecule has 0 aliphatic heterocycles. The molecule has 0 radical (unpaired) electrons. The van der Waals surface area contributed by atoms with Gasteiger partial charge >= 0.3 is 5.97 Å². The Morgan fingerprint density at radius 1 is 1.08 bits per heavy atom. The second-order valence-corrected chi connectivity index (χ2v) is 5.46. The summed E-state index contributed by atoms with van der Waals surface area (Å²) in [7, 11) is 2.84. The molecule has 0 saturated carbocycles. The van der Waals surface area contributed by atoms with Gasteiger partial charge in [0.1, 0.15) is 0 Å². The van der Waals surface area contributed by atoms with E-state index in [1.807, 2.05) is 18.2 Å². The maximum absolute atomic E-state index is 11.2. The van der Waals surface area contributed by atoms with Crippen molar-refractivity contribution in [1.29, 1.82) is 0 Å². The summed E-state index contributed by atoms with van der Waals surface area (Å²) >= 11 is 6.30. The van der Waals surface area contributed by atoms with E-state index in [0.29, 0.717) is 23.1 Å². The molecule has 0 aliphatic carbocycles. The number of nitrogens with one attached hydrogen (secondary N) is 1. The average molecular weight is 350 g/mol. The standard InChI is InChI=1S/C18H20ClNO4/c1-22-16-8-14(11-20-10-13-6-4-3-5-7-13)15(19)9-17(16)24-12-18(21)23-2/h3-9,20H,10-12H2,1-2H3. The molecule has 5 nitrogen and oxygen atoms in total. The molecule has 2 rings (SSSR count). The topological polar surface area (TPSA) is 56.8 Å². The monoisotopic (exact) mass is 349 g/mol. The lowest BCUT2D eigenvalue weighted by atomic mass is 10.2. The Bertz CT molecular complexity index is 676. The van der Waals surface area contributed by atoms with Crippen LogP contribution in [0.1, 0.15) is 11.1 Å². The number of hydrogen-bond acceptors (Lipinski definition) is 5. The predicted octanol–water partition coefficient (Wildman–Crippen LogP) is 3.19. The van der Waals surface area contributed by atoms with Crippen molar-refractivity contribution in [3.05, 3.63) is 58.6 Å². The lowest BCUT2D eigenvalue weighted by Crippen LogP contribution is -2.14. The van der Waals surface area contributed by atoms with Gasteiger partial charge in [-0.25, -0.2) is 4.79 Å². The number of carbonyl (C=O) groups is 1. The smallest absolute Gasteiger partial charge is 0.343 e. The van der Waals surface area contributed by atoms with E-state index in [2.05, 4.69) is 22.2 Å². The Morgan fingerprint density at radius 2 is 1.83 bits per heavy atom. The number of hydrogen-bond donors (Lipinski definition) is 1. The van der Waals surface area contributed by atoms with E-state index in [1.54, 1.807) is 12.1 Å². The molecule has 6 heteroatoms. The van der Waals surface area contributed by atoms with Crippen molar-refractivity contribution in [2.24, 2.45) is 0 Å². The number of rotatable bonds is 8. The van der Waals surface area contributed by atoms with Gasteiger partial charge in [-0.3, -0.25) is 0 Å². The van der Waals surface area contributed by atoms with Gasteiger partial charge in [0.25, 0.3) is 0 Å². The summed E-state index contributed by atoms with van der Waals surface area (Å²) in [6, 6.07) is 13.5. The summed E-state index contributed by atoms with van der Waals surface area (Å²) in [5, 5.41) is 3.87. The van der Waals surface area contributed by atoms with E-state index in [9.17, 15) is 4.79 Å². The summed E-state index contributed by atoms with van der Waals surface area (Å²) in [5.74, 6) is 0.446. The quantitative estimate of drug-likeness (QED) is 0.742. The van der Waals surface area contributed by atoms with E-state index in [0.717, 1.165) is 12.1 Å². The molecule has 128 valence electrons. The van der Waals surface area contributed by atoms with E-state index in [1.165, 1.54) is 19.8 Å². The van der Waals surface area contributed by atoms with E-state index >= 15 is 0 Å². The number of methoxy groups -OCH3 is 2. The molecule has 0 saturated heterocycles. The van der Waals surface area contributed by atoms with Crippen molar-refractivity contribution in [3.8, 4) is 11.5 Å². The van der Waals surface area contributed by atoms with Crippen molar-refractivity contribution in [2.45, 2.75) is 13.1 Å². The summed E-state index contributed by atoms with van der Waals surface area (Å²) < 4.78 is 15.2. The predicted molar refractivity (Wildman–Crippen MR) is 92.5 cm³/mol. The molecule has 1 N–H and O–H groups in total.